The maximum absolute atomic E-state index is 12.4. The third-order valence-electron chi connectivity index (χ3n) is 4.65. The molecule has 24 heavy (non-hydrogen) atoms. The van der Waals surface area contributed by atoms with Gasteiger partial charge < -0.3 is 14.5 Å². The van der Waals surface area contributed by atoms with Crippen LogP contribution >= 0.6 is 0 Å². The van der Waals surface area contributed by atoms with E-state index < -0.39 is 0 Å². The van der Waals surface area contributed by atoms with Gasteiger partial charge in [-0.15, -0.1) is 0 Å². The average molecular weight is 325 g/mol. The minimum Gasteiger partial charge on any atom is -0.496 e. The molecule has 2 aromatic rings. The van der Waals surface area contributed by atoms with Crippen molar-refractivity contribution in [3.8, 4) is 5.75 Å². The molecule has 1 aliphatic heterocycles. The minimum absolute atomic E-state index is 0.234. The molecular weight excluding hydrogens is 300 g/mol. The van der Waals surface area contributed by atoms with E-state index in [-0.39, 0.29) is 5.91 Å². The number of carbonyl (C=O) groups is 1. The smallest absolute Gasteiger partial charge is 0.227 e. The Morgan fingerprint density at radius 1 is 1.04 bits per heavy atom. The van der Waals surface area contributed by atoms with Crippen molar-refractivity contribution < 1.29 is 14.4 Å². The first-order valence-corrected chi connectivity index (χ1v) is 8.53. The summed E-state index contributed by atoms with van der Waals surface area (Å²) in [6.07, 6.45) is 0.503. The second-order valence-electron chi connectivity index (χ2n) is 6.28. The lowest BCUT2D eigenvalue weighted by Crippen LogP contribution is -3.13. The number of piperazine rings is 1. The first-order chi connectivity index (χ1) is 11.8. The van der Waals surface area contributed by atoms with E-state index >= 15 is 0 Å². The molecule has 1 fully saturated rings. The van der Waals surface area contributed by atoms with Crippen LogP contribution in [0, 0.1) is 0 Å². The summed E-state index contributed by atoms with van der Waals surface area (Å²) >= 11 is 0. The molecule has 2 aromatic carbocycles. The van der Waals surface area contributed by atoms with Crippen LogP contribution in [-0.2, 0) is 17.8 Å². The molecule has 1 saturated heterocycles. The molecule has 1 aliphatic rings. The number of ether oxygens (including phenoxy) is 1. The standard InChI is InChI=1S/C20H24N2O2/c1-24-19-10-6-5-9-18(19)16-21-11-13-22(14-12-21)20(23)15-17-7-3-2-4-8-17/h2-10H,11-16H2,1H3/p+1. The Labute approximate surface area is 143 Å². The van der Waals surface area contributed by atoms with E-state index in [0.717, 1.165) is 44.0 Å². The Morgan fingerprint density at radius 2 is 1.71 bits per heavy atom. The number of nitrogens with one attached hydrogen (secondary N) is 1. The van der Waals surface area contributed by atoms with Crippen LogP contribution in [0.2, 0.25) is 0 Å². The highest BCUT2D eigenvalue weighted by atomic mass is 16.5. The fourth-order valence-electron chi connectivity index (χ4n) is 3.25. The zero-order valence-electron chi connectivity index (χ0n) is 14.2. The summed E-state index contributed by atoms with van der Waals surface area (Å²) in [4.78, 5) is 15.9. The van der Waals surface area contributed by atoms with Crippen molar-refractivity contribution in [2.75, 3.05) is 33.3 Å². The van der Waals surface area contributed by atoms with Gasteiger partial charge in [0, 0.05) is 5.56 Å². The van der Waals surface area contributed by atoms with Crippen LogP contribution in [0.4, 0.5) is 0 Å². The number of amides is 1. The molecule has 1 amide bonds. The fourth-order valence-corrected chi connectivity index (χ4v) is 3.25. The molecule has 0 atom stereocenters. The molecule has 0 aromatic heterocycles. The van der Waals surface area contributed by atoms with Crippen molar-refractivity contribution in [1.29, 1.82) is 0 Å². The Morgan fingerprint density at radius 3 is 2.42 bits per heavy atom. The third kappa shape index (κ3) is 4.15. The quantitative estimate of drug-likeness (QED) is 0.895. The Hall–Kier alpha value is -2.33. The van der Waals surface area contributed by atoms with Crippen molar-refractivity contribution in [3.05, 3.63) is 65.7 Å². The predicted octanol–water partition coefficient (Wildman–Crippen LogP) is 1.17. The molecule has 4 nitrogen and oxygen atoms in total. The maximum Gasteiger partial charge on any atom is 0.227 e. The lowest BCUT2D eigenvalue weighted by molar-refractivity contribution is -0.917. The van der Waals surface area contributed by atoms with E-state index in [9.17, 15) is 4.79 Å². The summed E-state index contributed by atoms with van der Waals surface area (Å²) in [6.45, 7) is 4.58. The summed E-state index contributed by atoms with van der Waals surface area (Å²) in [6, 6.07) is 18.2. The van der Waals surface area contributed by atoms with Gasteiger partial charge in [-0.25, -0.2) is 0 Å². The fraction of sp³-hybridized carbons (Fsp3) is 0.350. The lowest BCUT2D eigenvalue weighted by Gasteiger charge is -2.32. The molecule has 0 radical (unpaired) electrons. The average Bonchev–Trinajstić information content (AvgIpc) is 2.63. The molecule has 1 N–H and O–H groups in total. The number of hydrogen-bond acceptors (Lipinski definition) is 2. The maximum atomic E-state index is 12.4. The van der Waals surface area contributed by atoms with E-state index in [0.29, 0.717) is 6.42 Å². The van der Waals surface area contributed by atoms with Crippen LogP contribution in [0.5, 0.6) is 5.75 Å². The van der Waals surface area contributed by atoms with E-state index in [1.807, 2.05) is 47.4 Å². The number of rotatable bonds is 5. The van der Waals surface area contributed by atoms with Gasteiger partial charge in [0.05, 0.1) is 39.7 Å². The van der Waals surface area contributed by atoms with Gasteiger partial charge in [-0.1, -0.05) is 42.5 Å². The van der Waals surface area contributed by atoms with E-state index in [4.69, 9.17) is 4.74 Å². The van der Waals surface area contributed by atoms with Gasteiger partial charge in [0.2, 0.25) is 5.91 Å². The predicted molar refractivity (Wildman–Crippen MR) is 94.1 cm³/mol. The first-order valence-electron chi connectivity index (χ1n) is 8.53. The second kappa shape index (κ2) is 7.97. The van der Waals surface area contributed by atoms with E-state index in [1.54, 1.807) is 7.11 Å². The Balaban J connectivity index is 1.51. The number of carbonyl (C=O) groups excluding carboxylic acids is 1. The molecule has 1 heterocycles. The topological polar surface area (TPSA) is 34.0 Å². The van der Waals surface area contributed by atoms with Crippen LogP contribution < -0.4 is 9.64 Å². The summed E-state index contributed by atoms with van der Waals surface area (Å²) in [7, 11) is 1.72. The van der Waals surface area contributed by atoms with E-state index in [2.05, 4.69) is 12.1 Å². The molecule has 0 saturated carbocycles. The van der Waals surface area contributed by atoms with Crippen molar-refractivity contribution in [3.63, 3.8) is 0 Å². The molecule has 0 bridgehead atoms. The summed E-state index contributed by atoms with van der Waals surface area (Å²) in [5, 5.41) is 0. The molecule has 0 unspecified atom stereocenters. The van der Waals surface area contributed by atoms with Gasteiger partial charge in [-0.05, 0) is 17.7 Å². The molecular formula is C20H25N2O2+. The SMILES string of the molecule is COc1ccccc1C[NH+]1CCN(C(=O)Cc2ccccc2)CC1. The monoisotopic (exact) mass is 325 g/mol. The molecule has 0 spiro atoms. The summed E-state index contributed by atoms with van der Waals surface area (Å²) in [5.41, 5.74) is 2.32. The van der Waals surface area contributed by atoms with Crippen molar-refractivity contribution in [2.24, 2.45) is 0 Å². The van der Waals surface area contributed by atoms with Gasteiger partial charge in [-0.2, -0.15) is 0 Å². The number of nitrogens with zero attached hydrogens (tertiary/aromatic N) is 1. The highest BCUT2D eigenvalue weighted by molar-refractivity contribution is 5.78. The van der Waals surface area contributed by atoms with Crippen molar-refractivity contribution in [2.45, 2.75) is 13.0 Å². The zero-order valence-corrected chi connectivity index (χ0v) is 14.2. The normalized spacial score (nSPS) is 15.3. The van der Waals surface area contributed by atoms with Gasteiger partial charge in [0.15, 0.2) is 0 Å². The molecule has 3 rings (SSSR count). The summed E-state index contributed by atoms with van der Waals surface area (Å²) in [5.74, 6) is 1.19. The largest absolute Gasteiger partial charge is 0.496 e. The van der Waals surface area contributed by atoms with Crippen LogP contribution in [0.15, 0.2) is 54.6 Å². The second-order valence-corrected chi connectivity index (χ2v) is 6.28. The molecule has 0 aliphatic carbocycles. The van der Waals surface area contributed by atoms with Gasteiger partial charge in [-0.3, -0.25) is 4.79 Å². The van der Waals surface area contributed by atoms with Crippen LogP contribution in [0.3, 0.4) is 0 Å². The van der Waals surface area contributed by atoms with Gasteiger partial charge in [0.1, 0.15) is 12.3 Å². The number of benzene rings is 2. The van der Waals surface area contributed by atoms with Gasteiger partial charge in [0.25, 0.3) is 0 Å². The number of methoxy groups -OCH3 is 1. The zero-order chi connectivity index (χ0) is 16.8. The van der Waals surface area contributed by atoms with Crippen LogP contribution in [-0.4, -0.2) is 44.1 Å². The number of hydrogen-bond donors (Lipinski definition) is 1. The highest BCUT2D eigenvalue weighted by Gasteiger charge is 2.24. The van der Waals surface area contributed by atoms with Crippen LogP contribution in [0.1, 0.15) is 11.1 Å². The van der Waals surface area contributed by atoms with E-state index in [1.165, 1.54) is 10.5 Å². The molecule has 126 valence electrons. The van der Waals surface area contributed by atoms with Crippen molar-refractivity contribution >= 4 is 5.91 Å². The molecule has 4 heteroatoms. The number of para-hydroxylation sites is 1. The minimum atomic E-state index is 0.234. The first kappa shape index (κ1) is 16.5. The summed E-state index contributed by atoms with van der Waals surface area (Å²) < 4.78 is 5.43. The van der Waals surface area contributed by atoms with Gasteiger partial charge >= 0.3 is 0 Å². The number of quaternary nitrogens is 1. The third-order valence-corrected chi connectivity index (χ3v) is 4.65. The van der Waals surface area contributed by atoms with Crippen LogP contribution in [0.25, 0.3) is 0 Å². The Kier molecular flexibility index (Phi) is 5.49. The van der Waals surface area contributed by atoms with Crippen molar-refractivity contribution in [1.82, 2.24) is 4.90 Å². The Bertz CT molecular complexity index is 664. The highest BCUT2D eigenvalue weighted by Crippen LogP contribution is 2.15. The lowest BCUT2D eigenvalue weighted by atomic mass is 10.1.